The zero-order valence-electron chi connectivity index (χ0n) is 9.60. The SMILES string of the molecule is C1=C(Cc2ccccc2)c2ccccc2OC1. The van der Waals surface area contributed by atoms with Crippen molar-refractivity contribution in [3.05, 3.63) is 71.8 Å². The highest BCUT2D eigenvalue weighted by Crippen LogP contribution is 2.31. The van der Waals surface area contributed by atoms with Crippen LogP contribution in [0.5, 0.6) is 5.75 Å². The second-order valence-corrected chi connectivity index (χ2v) is 4.20. The van der Waals surface area contributed by atoms with Crippen molar-refractivity contribution in [2.45, 2.75) is 6.42 Å². The van der Waals surface area contributed by atoms with Crippen LogP contribution in [0.15, 0.2) is 60.7 Å². The first-order valence-electron chi connectivity index (χ1n) is 5.88. The second kappa shape index (κ2) is 4.46. The highest BCUT2D eigenvalue weighted by Gasteiger charge is 2.12. The standard InChI is InChI=1S/C16H14O/c1-2-6-13(7-3-1)12-14-10-11-17-16-9-5-4-8-15(14)16/h1-10H,11-12H2. The van der Waals surface area contributed by atoms with Crippen molar-refractivity contribution in [1.82, 2.24) is 0 Å². The molecular weight excluding hydrogens is 208 g/mol. The summed E-state index contributed by atoms with van der Waals surface area (Å²) in [5, 5.41) is 0. The van der Waals surface area contributed by atoms with Gasteiger partial charge in [0.2, 0.25) is 0 Å². The molecule has 17 heavy (non-hydrogen) atoms. The zero-order valence-corrected chi connectivity index (χ0v) is 9.60. The summed E-state index contributed by atoms with van der Waals surface area (Å²) in [6.07, 6.45) is 3.15. The molecule has 0 N–H and O–H groups in total. The van der Waals surface area contributed by atoms with Crippen LogP contribution in [0.4, 0.5) is 0 Å². The first kappa shape index (κ1) is 10.2. The molecule has 0 fully saturated rings. The minimum absolute atomic E-state index is 0.680. The molecule has 2 aromatic carbocycles. The molecule has 1 heterocycles. The molecule has 0 spiro atoms. The highest BCUT2D eigenvalue weighted by molar-refractivity contribution is 5.73. The summed E-state index contributed by atoms with van der Waals surface area (Å²) in [4.78, 5) is 0. The second-order valence-electron chi connectivity index (χ2n) is 4.20. The van der Waals surface area contributed by atoms with Crippen molar-refractivity contribution in [3.8, 4) is 5.75 Å². The Hall–Kier alpha value is -2.02. The number of para-hydroxylation sites is 1. The van der Waals surface area contributed by atoms with E-state index in [1.54, 1.807) is 0 Å². The Labute approximate surface area is 101 Å². The van der Waals surface area contributed by atoms with Gasteiger partial charge in [-0.05, 0) is 29.7 Å². The molecule has 0 aromatic heterocycles. The fourth-order valence-electron chi connectivity index (χ4n) is 2.18. The van der Waals surface area contributed by atoms with Gasteiger partial charge in [-0.25, -0.2) is 0 Å². The van der Waals surface area contributed by atoms with E-state index in [0.717, 1.165) is 12.2 Å². The minimum Gasteiger partial charge on any atom is -0.489 e. The van der Waals surface area contributed by atoms with Crippen molar-refractivity contribution < 1.29 is 4.74 Å². The third kappa shape index (κ3) is 2.09. The summed E-state index contributed by atoms with van der Waals surface area (Å²) in [5.74, 6) is 1.00. The number of rotatable bonds is 2. The van der Waals surface area contributed by atoms with Gasteiger partial charge in [-0.1, -0.05) is 48.5 Å². The van der Waals surface area contributed by atoms with Crippen LogP contribution in [-0.2, 0) is 6.42 Å². The average Bonchev–Trinajstić information content (AvgIpc) is 2.40. The summed E-state index contributed by atoms with van der Waals surface area (Å²) >= 11 is 0. The van der Waals surface area contributed by atoms with Crippen LogP contribution in [-0.4, -0.2) is 6.61 Å². The lowest BCUT2D eigenvalue weighted by Crippen LogP contribution is -2.05. The van der Waals surface area contributed by atoms with E-state index in [1.807, 2.05) is 12.1 Å². The van der Waals surface area contributed by atoms with Crippen molar-refractivity contribution in [2.24, 2.45) is 0 Å². The summed E-state index contributed by atoms with van der Waals surface area (Å²) in [5.41, 5.74) is 3.93. The Morgan fingerprint density at radius 3 is 2.53 bits per heavy atom. The lowest BCUT2D eigenvalue weighted by atomic mass is 9.96. The molecule has 3 rings (SSSR count). The van der Waals surface area contributed by atoms with E-state index in [0.29, 0.717) is 6.61 Å². The third-order valence-corrected chi connectivity index (χ3v) is 3.04. The first-order chi connectivity index (χ1) is 8.43. The largest absolute Gasteiger partial charge is 0.489 e. The van der Waals surface area contributed by atoms with Crippen LogP contribution in [0.2, 0.25) is 0 Å². The van der Waals surface area contributed by atoms with Crippen LogP contribution in [0.1, 0.15) is 11.1 Å². The minimum atomic E-state index is 0.680. The Morgan fingerprint density at radius 2 is 1.65 bits per heavy atom. The van der Waals surface area contributed by atoms with Crippen LogP contribution in [0, 0.1) is 0 Å². The van der Waals surface area contributed by atoms with E-state index >= 15 is 0 Å². The van der Waals surface area contributed by atoms with Gasteiger partial charge in [0.15, 0.2) is 0 Å². The fraction of sp³-hybridized carbons (Fsp3) is 0.125. The molecular formula is C16H14O. The number of ether oxygens (including phenoxy) is 1. The molecule has 1 aliphatic heterocycles. The molecule has 0 unspecified atom stereocenters. The van der Waals surface area contributed by atoms with Gasteiger partial charge in [0, 0.05) is 5.56 Å². The molecule has 1 aliphatic rings. The van der Waals surface area contributed by atoms with E-state index in [4.69, 9.17) is 4.74 Å². The van der Waals surface area contributed by atoms with Gasteiger partial charge >= 0.3 is 0 Å². The normalized spacial score (nSPS) is 13.5. The van der Waals surface area contributed by atoms with Gasteiger partial charge < -0.3 is 4.74 Å². The number of benzene rings is 2. The maximum atomic E-state index is 5.61. The molecule has 0 atom stereocenters. The Balaban J connectivity index is 1.92. The summed E-state index contributed by atoms with van der Waals surface area (Å²) < 4.78 is 5.61. The van der Waals surface area contributed by atoms with Gasteiger partial charge in [-0.3, -0.25) is 0 Å². The number of hydrogen-bond acceptors (Lipinski definition) is 1. The Kier molecular flexibility index (Phi) is 2.66. The maximum Gasteiger partial charge on any atom is 0.127 e. The molecule has 0 saturated heterocycles. The van der Waals surface area contributed by atoms with E-state index in [1.165, 1.54) is 16.7 Å². The predicted molar refractivity (Wildman–Crippen MR) is 70.1 cm³/mol. The topological polar surface area (TPSA) is 9.23 Å². The van der Waals surface area contributed by atoms with Crippen molar-refractivity contribution >= 4 is 5.57 Å². The monoisotopic (exact) mass is 222 g/mol. The molecule has 0 bridgehead atoms. The van der Waals surface area contributed by atoms with Gasteiger partial charge in [0.05, 0.1) is 0 Å². The van der Waals surface area contributed by atoms with Crippen molar-refractivity contribution in [3.63, 3.8) is 0 Å². The average molecular weight is 222 g/mol. The highest BCUT2D eigenvalue weighted by atomic mass is 16.5. The first-order valence-corrected chi connectivity index (χ1v) is 5.88. The molecule has 2 aromatic rings. The number of hydrogen-bond donors (Lipinski definition) is 0. The van der Waals surface area contributed by atoms with Gasteiger partial charge in [0.1, 0.15) is 12.4 Å². The summed E-state index contributed by atoms with van der Waals surface area (Å²) in [6, 6.07) is 18.8. The Morgan fingerprint density at radius 1 is 0.882 bits per heavy atom. The smallest absolute Gasteiger partial charge is 0.127 e. The lowest BCUT2D eigenvalue weighted by molar-refractivity contribution is 0.357. The maximum absolute atomic E-state index is 5.61. The molecule has 0 saturated carbocycles. The van der Waals surface area contributed by atoms with Crippen LogP contribution in [0.25, 0.3) is 5.57 Å². The van der Waals surface area contributed by atoms with Crippen LogP contribution >= 0.6 is 0 Å². The van der Waals surface area contributed by atoms with Gasteiger partial charge in [-0.2, -0.15) is 0 Å². The molecule has 1 nitrogen and oxygen atoms in total. The Bertz CT molecular complexity index is 540. The number of allylic oxidation sites excluding steroid dienone is 1. The van der Waals surface area contributed by atoms with E-state index in [9.17, 15) is 0 Å². The number of fused-ring (bicyclic) bond motifs is 1. The molecule has 0 aliphatic carbocycles. The molecule has 0 amide bonds. The molecule has 1 heteroatoms. The van der Waals surface area contributed by atoms with Gasteiger partial charge in [-0.15, -0.1) is 0 Å². The molecule has 0 radical (unpaired) electrons. The van der Waals surface area contributed by atoms with E-state index in [-0.39, 0.29) is 0 Å². The van der Waals surface area contributed by atoms with Gasteiger partial charge in [0.25, 0.3) is 0 Å². The van der Waals surface area contributed by atoms with Crippen molar-refractivity contribution in [1.29, 1.82) is 0 Å². The zero-order chi connectivity index (χ0) is 11.5. The lowest BCUT2D eigenvalue weighted by Gasteiger charge is -2.18. The fourth-order valence-corrected chi connectivity index (χ4v) is 2.18. The summed E-state index contributed by atoms with van der Waals surface area (Å²) in [7, 11) is 0. The molecule has 84 valence electrons. The third-order valence-electron chi connectivity index (χ3n) is 3.04. The quantitative estimate of drug-likeness (QED) is 0.752. The van der Waals surface area contributed by atoms with E-state index < -0.39 is 0 Å². The van der Waals surface area contributed by atoms with E-state index in [2.05, 4.69) is 48.5 Å². The van der Waals surface area contributed by atoms with Crippen molar-refractivity contribution in [2.75, 3.05) is 6.61 Å². The summed E-state index contributed by atoms with van der Waals surface area (Å²) in [6.45, 7) is 0.680. The van der Waals surface area contributed by atoms with Crippen LogP contribution < -0.4 is 4.74 Å². The predicted octanol–water partition coefficient (Wildman–Crippen LogP) is 3.71. The van der Waals surface area contributed by atoms with Crippen LogP contribution in [0.3, 0.4) is 0 Å².